The molecule has 384 valence electrons. The zero-order valence-electron chi connectivity index (χ0n) is 44.3. The van der Waals surface area contributed by atoms with Crippen LogP contribution in [0.15, 0.2) is 293 Å². The molecule has 1 N–H and O–H groups in total. The van der Waals surface area contributed by atoms with Crippen molar-refractivity contribution in [1.29, 1.82) is 0 Å². The molecule has 0 spiro atoms. The molecule has 12 aromatic carbocycles. The van der Waals surface area contributed by atoms with E-state index in [1.54, 1.807) is 0 Å². The van der Waals surface area contributed by atoms with E-state index in [-0.39, 0.29) is 6.17 Å². The second-order valence-corrected chi connectivity index (χ2v) is 21.3. The smallest absolute Gasteiger partial charge is 0.234 e. The molecule has 1 aliphatic heterocycles. The summed E-state index contributed by atoms with van der Waals surface area (Å²) in [5, 5.41) is 12.9. The second kappa shape index (κ2) is 18.3. The maximum absolute atomic E-state index is 6.71. The van der Waals surface area contributed by atoms with E-state index < -0.39 is 0 Å². The van der Waals surface area contributed by atoms with E-state index in [1.165, 1.54) is 43.7 Å². The molecule has 1 aliphatic rings. The molecule has 0 amide bonds. The van der Waals surface area contributed by atoms with E-state index in [0.29, 0.717) is 5.96 Å². The molecule has 0 bridgehead atoms. The van der Waals surface area contributed by atoms with Crippen molar-refractivity contribution in [3.05, 3.63) is 290 Å². The van der Waals surface area contributed by atoms with Crippen LogP contribution in [0.25, 0.3) is 132 Å². The summed E-state index contributed by atoms with van der Waals surface area (Å²) in [6, 6.07) is 100. The van der Waals surface area contributed by atoms with Crippen molar-refractivity contribution in [2.45, 2.75) is 6.17 Å². The number of amidine groups is 1. The molecule has 17 rings (SSSR count). The number of furan rings is 1. The summed E-state index contributed by atoms with van der Waals surface area (Å²) in [5.41, 5.74) is 19.6. The number of nitrogens with one attached hydrogen (secondary N) is 1. The second-order valence-electron chi connectivity index (χ2n) is 21.3. The minimum Gasteiger partial charge on any atom is -0.456 e. The van der Waals surface area contributed by atoms with Crippen molar-refractivity contribution in [2.75, 3.05) is 0 Å². The maximum atomic E-state index is 6.71. The zero-order chi connectivity index (χ0) is 53.8. The van der Waals surface area contributed by atoms with E-state index in [4.69, 9.17) is 14.4 Å². The van der Waals surface area contributed by atoms with E-state index in [0.717, 1.165) is 105 Å². The van der Waals surface area contributed by atoms with E-state index >= 15 is 0 Å². The molecule has 7 nitrogen and oxygen atoms in total. The number of rotatable bonds is 7. The highest BCUT2D eigenvalue weighted by atomic mass is 16.3. The van der Waals surface area contributed by atoms with Gasteiger partial charge < -0.3 is 18.9 Å². The van der Waals surface area contributed by atoms with Crippen LogP contribution in [0.4, 0.5) is 0 Å². The Bertz CT molecular complexity index is 5300. The summed E-state index contributed by atoms with van der Waals surface area (Å²) in [7, 11) is 0. The Labute approximate surface area is 471 Å². The Morgan fingerprint density at radius 2 is 0.756 bits per heavy atom. The average molecular weight is 1050 g/mol. The van der Waals surface area contributed by atoms with Crippen LogP contribution in [0.3, 0.4) is 0 Å². The van der Waals surface area contributed by atoms with Gasteiger partial charge in [0.05, 0.1) is 33.1 Å². The van der Waals surface area contributed by atoms with Crippen molar-refractivity contribution in [3.63, 3.8) is 0 Å². The van der Waals surface area contributed by atoms with Crippen LogP contribution in [0, 0.1) is 0 Å². The predicted molar refractivity (Wildman–Crippen MR) is 340 cm³/mol. The molecule has 4 aromatic heterocycles. The van der Waals surface area contributed by atoms with Crippen LogP contribution in [-0.2, 0) is 0 Å². The van der Waals surface area contributed by atoms with E-state index in [9.17, 15) is 0 Å². The minimum atomic E-state index is -0.321. The summed E-state index contributed by atoms with van der Waals surface area (Å²) in [6.07, 6.45) is -0.321. The highest BCUT2D eigenvalue weighted by Gasteiger charge is 2.25. The van der Waals surface area contributed by atoms with Crippen molar-refractivity contribution in [2.24, 2.45) is 9.98 Å². The number of fused-ring (bicyclic) bond motifs is 12. The van der Waals surface area contributed by atoms with Gasteiger partial charge in [0.25, 0.3) is 0 Å². The monoisotopic (exact) mass is 1050 g/mol. The number of benzene rings is 12. The quantitative estimate of drug-likeness (QED) is 0.173. The van der Waals surface area contributed by atoms with E-state index in [1.807, 2.05) is 24.3 Å². The predicted octanol–water partition coefficient (Wildman–Crippen LogP) is 18.8. The first kappa shape index (κ1) is 45.9. The van der Waals surface area contributed by atoms with Gasteiger partial charge in [-0.3, -0.25) is 4.57 Å². The van der Waals surface area contributed by atoms with Crippen LogP contribution in [0.5, 0.6) is 0 Å². The first-order chi connectivity index (χ1) is 40.6. The Balaban J connectivity index is 0.795. The topological polar surface area (TPSA) is 64.7 Å². The summed E-state index contributed by atoms with van der Waals surface area (Å²) in [5.74, 6) is 1.41. The van der Waals surface area contributed by atoms with Gasteiger partial charge in [0.2, 0.25) is 5.96 Å². The molecule has 0 radical (unpaired) electrons. The maximum Gasteiger partial charge on any atom is 0.234 e. The Morgan fingerprint density at radius 1 is 0.317 bits per heavy atom. The summed E-state index contributed by atoms with van der Waals surface area (Å²) in [6.45, 7) is 0. The van der Waals surface area contributed by atoms with Gasteiger partial charge in [0.1, 0.15) is 23.2 Å². The van der Waals surface area contributed by atoms with Crippen molar-refractivity contribution in [1.82, 2.24) is 19.0 Å². The lowest BCUT2D eigenvalue weighted by Crippen LogP contribution is -2.35. The fourth-order valence-electron chi connectivity index (χ4n) is 12.9. The first-order valence-corrected chi connectivity index (χ1v) is 27.9. The van der Waals surface area contributed by atoms with E-state index in [2.05, 4.69) is 274 Å². The Kier molecular flexibility index (Phi) is 10.2. The molecule has 0 aliphatic carbocycles. The fraction of sp³-hybridized carbons (Fsp3) is 0.0133. The number of aromatic nitrogens is 3. The molecule has 1 atom stereocenters. The molecule has 0 fully saturated rings. The third kappa shape index (κ3) is 7.23. The fourth-order valence-corrected chi connectivity index (χ4v) is 12.9. The van der Waals surface area contributed by atoms with Crippen LogP contribution in [0.2, 0.25) is 0 Å². The number of nitrogens with zero attached hydrogens (tertiary/aromatic N) is 5. The highest BCUT2D eigenvalue weighted by Crippen LogP contribution is 2.44. The van der Waals surface area contributed by atoms with Gasteiger partial charge in [-0.05, 0) is 142 Å². The third-order valence-corrected chi connectivity index (χ3v) is 16.7. The van der Waals surface area contributed by atoms with Crippen molar-refractivity contribution < 1.29 is 4.42 Å². The molecule has 7 heteroatoms. The van der Waals surface area contributed by atoms with Crippen LogP contribution < -0.4 is 5.32 Å². The molecule has 1 unspecified atom stereocenters. The van der Waals surface area contributed by atoms with Gasteiger partial charge >= 0.3 is 0 Å². The lowest BCUT2D eigenvalue weighted by atomic mass is 9.95. The van der Waals surface area contributed by atoms with Gasteiger partial charge in [0, 0.05) is 60.0 Å². The average Bonchev–Trinajstić information content (AvgIpc) is 3.52. The molecule has 0 saturated carbocycles. The zero-order valence-corrected chi connectivity index (χ0v) is 44.3. The van der Waals surface area contributed by atoms with Gasteiger partial charge in [0.15, 0.2) is 0 Å². The van der Waals surface area contributed by atoms with Crippen LogP contribution >= 0.6 is 0 Å². The standard InChI is InChI=1S/C75H48N6O/c1-5-18-47(19-6-1)73-76-74(48-20-7-2-8-21-48)78-75(77-73)81-65-30-16-14-27-58(65)60-43-50(34-39-69(60)81)52-36-41-70-63(45-52)72-56(28-17-31-71(72)82-70)53-35-40-68-62(46-53)61-44-51(33-38-67(61)80(68)55-24-11-4-12-25-55)49-32-37-66-59(42-49)57-26-13-15-29-64(57)79(66)54-22-9-3-10-23-54/h1-46,73H,(H,76,77,78). The molecule has 5 heterocycles. The highest BCUT2D eigenvalue weighted by molar-refractivity contribution is 6.19. The van der Waals surface area contributed by atoms with Gasteiger partial charge in [-0.25, -0.2) is 4.99 Å². The lowest BCUT2D eigenvalue weighted by molar-refractivity contribution is 0.668. The third-order valence-electron chi connectivity index (χ3n) is 16.7. The molecular weight excluding hydrogens is 1000 g/mol. The summed E-state index contributed by atoms with van der Waals surface area (Å²) in [4.78, 5) is 10.5. The Hall–Kier alpha value is -11.0. The summed E-state index contributed by atoms with van der Waals surface area (Å²) >= 11 is 0. The van der Waals surface area contributed by atoms with Crippen molar-refractivity contribution in [3.8, 4) is 44.8 Å². The van der Waals surface area contributed by atoms with Gasteiger partial charge in [-0.1, -0.05) is 176 Å². The molecule has 16 aromatic rings. The lowest BCUT2D eigenvalue weighted by Gasteiger charge is -2.24. The normalized spacial score (nSPS) is 13.7. The number of aliphatic imine (C=N–C) groups is 2. The molecule has 0 saturated heterocycles. The number of hydrogen-bond donors (Lipinski definition) is 1. The van der Waals surface area contributed by atoms with Crippen LogP contribution in [0.1, 0.15) is 17.3 Å². The Morgan fingerprint density at radius 3 is 1.34 bits per heavy atom. The number of para-hydroxylation sites is 4. The van der Waals surface area contributed by atoms with Crippen molar-refractivity contribution >= 4 is 99.2 Å². The van der Waals surface area contributed by atoms with Crippen LogP contribution in [-0.4, -0.2) is 25.5 Å². The minimum absolute atomic E-state index is 0.321. The first-order valence-electron chi connectivity index (χ1n) is 27.9. The summed E-state index contributed by atoms with van der Waals surface area (Å²) < 4.78 is 13.7. The SMILES string of the molecule is c1ccc(C2=NC(n3c4ccccc4c4cc(-c5ccc6oc7cccc(-c8ccc9c(c8)c8cc(-c%10ccc%11c(c%10)c%10ccccc%10n%11-c%10ccccc%10)ccc8n9-c8ccccc8)c7c6c5)ccc43)=NC(c3ccccc3)N2)cc1. The van der Waals surface area contributed by atoms with Gasteiger partial charge in [-0.15, -0.1) is 0 Å². The largest absolute Gasteiger partial charge is 0.456 e. The number of hydrogen-bond acceptors (Lipinski definition) is 4. The molecular formula is C75H48N6O. The molecule has 82 heavy (non-hydrogen) atoms. The van der Waals surface area contributed by atoms with Gasteiger partial charge in [-0.2, -0.15) is 4.99 Å².